The number of quaternary nitrogens is 1. The first-order valence-electron chi connectivity index (χ1n) is 21.3. The Balaban J connectivity index is 0. The topological polar surface area (TPSA) is 3.88 Å². The van der Waals surface area contributed by atoms with Crippen LogP contribution in [0.25, 0.3) is 0 Å². The molecule has 1 heterocycles. The van der Waals surface area contributed by atoms with Crippen LogP contribution in [0.4, 0.5) is 0 Å². The second kappa shape index (κ2) is 36.5. The lowest BCUT2D eigenvalue weighted by Gasteiger charge is -2.22. The van der Waals surface area contributed by atoms with Crippen LogP contribution in [0.15, 0.2) is 24.5 Å². The van der Waals surface area contributed by atoms with E-state index < -0.39 is 0 Å². The van der Waals surface area contributed by atoms with Crippen molar-refractivity contribution in [3.63, 3.8) is 0 Å². The first kappa shape index (κ1) is 49.8. The summed E-state index contributed by atoms with van der Waals surface area (Å²) in [7, 11) is 6.90. The molecular weight excluding hydrogens is 627 g/mol. The fourth-order valence-electron chi connectivity index (χ4n) is 7.27. The molecule has 0 aliphatic rings. The van der Waals surface area contributed by atoms with Crippen molar-refractivity contribution in [2.75, 3.05) is 27.7 Å². The summed E-state index contributed by atoms with van der Waals surface area (Å²) < 4.78 is 3.47. The van der Waals surface area contributed by atoms with E-state index in [9.17, 15) is 0 Å². The highest BCUT2D eigenvalue weighted by Crippen LogP contribution is 2.28. The summed E-state index contributed by atoms with van der Waals surface area (Å²) >= 11 is 0. The standard InChI is InChI=1S/C44H86N2.2ClH/c1-6-8-10-12-14-16-18-20-22-24-26-28-30-32-35-43(44-37-40-45(41-38-44)39-34-42-46(3,4)5)36-33-31-29-27-25-23-21-19-17-15-13-11-9-7-2;;/h37-38,40-41,43H,6-36,39,42H2,1-5H3;2*1H/q+2;;/p-2. The minimum absolute atomic E-state index is 0. The molecule has 0 spiro atoms. The number of rotatable bonds is 35. The van der Waals surface area contributed by atoms with Crippen LogP contribution in [-0.4, -0.2) is 32.2 Å². The molecule has 4 heteroatoms. The third-order valence-corrected chi connectivity index (χ3v) is 10.4. The van der Waals surface area contributed by atoms with Gasteiger partial charge in [-0.1, -0.05) is 194 Å². The fraction of sp³-hybridized carbons (Fsp3) is 0.886. The van der Waals surface area contributed by atoms with Crippen molar-refractivity contribution in [3.8, 4) is 0 Å². The number of nitrogens with zero attached hydrogens (tertiary/aromatic N) is 2. The number of hydrogen-bond donors (Lipinski definition) is 0. The van der Waals surface area contributed by atoms with Crippen molar-refractivity contribution in [2.45, 2.75) is 225 Å². The van der Waals surface area contributed by atoms with Gasteiger partial charge in [-0.25, -0.2) is 4.57 Å². The normalized spacial score (nSPS) is 11.5. The summed E-state index contributed by atoms with van der Waals surface area (Å²) in [6.45, 7) is 6.99. The highest BCUT2D eigenvalue weighted by Gasteiger charge is 2.14. The lowest BCUT2D eigenvalue weighted by molar-refractivity contribution is -0.873. The van der Waals surface area contributed by atoms with Crippen LogP contribution in [0.5, 0.6) is 0 Å². The van der Waals surface area contributed by atoms with Crippen molar-refractivity contribution >= 4 is 0 Å². The predicted molar refractivity (Wildman–Crippen MR) is 207 cm³/mol. The third kappa shape index (κ3) is 32.9. The Morgan fingerprint density at radius 2 is 0.729 bits per heavy atom. The zero-order valence-corrected chi connectivity index (χ0v) is 34.9. The quantitative estimate of drug-likeness (QED) is 0.0383. The van der Waals surface area contributed by atoms with Crippen LogP contribution in [0.3, 0.4) is 0 Å². The number of aryl methyl sites for hydroxylation is 1. The minimum Gasteiger partial charge on any atom is -1.00 e. The number of pyridine rings is 1. The molecule has 0 N–H and O–H groups in total. The van der Waals surface area contributed by atoms with Crippen molar-refractivity contribution in [3.05, 3.63) is 30.1 Å². The van der Waals surface area contributed by atoms with Gasteiger partial charge in [0.2, 0.25) is 0 Å². The van der Waals surface area contributed by atoms with E-state index in [0.717, 1.165) is 16.9 Å². The van der Waals surface area contributed by atoms with E-state index in [1.165, 1.54) is 206 Å². The molecule has 0 saturated carbocycles. The SMILES string of the molecule is CCCCCCCCCCCCCCCCC(CCCCCCCCCCCCCCCC)c1cc[n+](CCC[N+](C)(C)C)cc1.[Cl-].[Cl-]. The molecular formula is C44H86Cl2N2. The molecule has 0 aliphatic heterocycles. The molecule has 48 heavy (non-hydrogen) atoms. The Morgan fingerprint density at radius 3 is 1.02 bits per heavy atom. The largest absolute Gasteiger partial charge is 1.00 e. The van der Waals surface area contributed by atoms with Gasteiger partial charge in [0, 0.05) is 12.1 Å². The van der Waals surface area contributed by atoms with Crippen LogP contribution in [0.2, 0.25) is 0 Å². The zero-order chi connectivity index (χ0) is 33.4. The molecule has 0 unspecified atom stereocenters. The molecule has 0 aromatic carbocycles. The molecule has 0 atom stereocenters. The van der Waals surface area contributed by atoms with Gasteiger partial charge < -0.3 is 29.3 Å². The smallest absolute Gasteiger partial charge is 0.169 e. The second-order valence-electron chi connectivity index (χ2n) is 16.2. The Kier molecular flexibility index (Phi) is 37.8. The molecule has 0 radical (unpaired) electrons. The van der Waals surface area contributed by atoms with Crippen LogP contribution in [0.1, 0.15) is 224 Å². The second-order valence-corrected chi connectivity index (χ2v) is 16.2. The average molecular weight is 714 g/mol. The van der Waals surface area contributed by atoms with Crippen LogP contribution >= 0.6 is 0 Å². The number of unbranched alkanes of at least 4 members (excludes halogenated alkanes) is 26. The van der Waals surface area contributed by atoms with E-state index in [4.69, 9.17) is 0 Å². The Bertz CT molecular complexity index is 713. The summed E-state index contributed by atoms with van der Waals surface area (Å²) in [5, 5.41) is 0. The Hall–Kier alpha value is -0.310. The molecule has 0 saturated heterocycles. The number of hydrogen-bond acceptors (Lipinski definition) is 0. The number of halogens is 2. The average Bonchev–Trinajstić information content (AvgIpc) is 3.04. The summed E-state index contributed by atoms with van der Waals surface area (Å²) in [6.07, 6.45) is 49.4. The van der Waals surface area contributed by atoms with Gasteiger partial charge in [0.15, 0.2) is 18.9 Å². The highest BCUT2D eigenvalue weighted by molar-refractivity contribution is 5.13. The van der Waals surface area contributed by atoms with E-state index >= 15 is 0 Å². The van der Waals surface area contributed by atoms with E-state index in [1.54, 1.807) is 5.56 Å². The highest BCUT2D eigenvalue weighted by atomic mass is 35.5. The molecule has 2 nitrogen and oxygen atoms in total. The summed E-state index contributed by atoms with van der Waals surface area (Å²) in [5.41, 5.74) is 1.60. The lowest BCUT2D eigenvalue weighted by atomic mass is 9.88. The maximum atomic E-state index is 2.46. The van der Waals surface area contributed by atoms with Crippen molar-refractivity contribution < 1.29 is 33.9 Å². The van der Waals surface area contributed by atoms with Crippen molar-refractivity contribution in [2.24, 2.45) is 0 Å². The van der Waals surface area contributed by atoms with Gasteiger partial charge in [0.05, 0.1) is 34.1 Å². The van der Waals surface area contributed by atoms with Gasteiger partial charge in [-0.15, -0.1) is 0 Å². The Morgan fingerprint density at radius 1 is 0.438 bits per heavy atom. The van der Waals surface area contributed by atoms with E-state index in [0.29, 0.717) is 0 Å². The molecule has 286 valence electrons. The molecule has 1 aromatic heterocycles. The molecule has 0 amide bonds. The molecule has 1 rings (SSSR count). The third-order valence-electron chi connectivity index (χ3n) is 10.4. The van der Waals surface area contributed by atoms with Crippen LogP contribution < -0.4 is 29.4 Å². The maximum Gasteiger partial charge on any atom is 0.169 e. The summed E-state index contributed by atoms with van der Waals surface area (Å²) in [4.78, 5) is 0. The monoisotopic (exact) mass is 713 g/mol. The molecule has 0 aliphatic carbocycles. The van der Waals surface area contributed by atoms with Gasteiger partial charge in [-0.3, -0.25) is 0 Å². The summed E-state index contributed by atoms with van der Waals surface area (Å²) in [5.74, 6) is 0.760. The van der Waals surface area contributed by atoms with E-state index in [2.05, 4.69) is 64.1 Å². The van der Waals surface area contributed by atoms with Crippen LogP contribution in [-0.2, 0) is 6.54 Å². The van der Waals surface area contributed by atoms with Crippen LogP contribution in [0, 0.1) is 0 Å². The van der Waals surface area contributed by atoms with Crippen molar-refractivity contribution in [1.29, 1.82) is 0 Å². The molecule has 0 fully saturated rings. The summed E-state index contributed by atoms with van der Waals surface area (Å²) in [6, 6.07) is 4.93. The number of aromatic nitrogens is 1. The van der Waals surface area contributed by atoms with E-state index in [-0.39, 0.29) is 24.8 Å². The fourth-order valence-corrected chi connectivity index (χ4v) is 7.27. The van der Waals surface area contributed by atoms with Gasteiger partial charge in [-0.05, 0) is 24.3 Å². The predicted octanol–water partition coefficient (Wildman–Crippen LogP) is 7.90. The first-order valence-corrected chi connectivity index (χ1v) is 21.3. The van der Waals surface area contributed by atoms with Gasteiger partial charge in [0.25, 0.3) is 0 Å². The molecule has 0 bridgehead atoms. The maximum absolute atomic E-state index is 2.46. The lowest BCUT2D eigenvalue weighted by Crippen LogP contribution is -3.00. The van der Waals surface area contributed by atoms with Gasteiger partial charge >= 0.3 is 0 Å². The van der Waals surface area contributed by atoms with E-state index in [1.807, 2.05) is 0 Å². The first-order chi connectivity index (χ1) is 22.5. The Labute approximate surface area is 315 Å². The van der Waals surface area contributed by atoms with Gasteiger partial charge in [-0.2, -0.15) is 0 Å². The zero-order valence-electron chi connectivity index (χ0n) is 33.4. The minimum atomic E-state index is 0. The van der Waals surface area contributed by atoms with Gasteiger partial charge in [0.1, 0.15) is 0 Å². The molecule has 1 aromatic rings. The van der Waals surface area contributed by atoms with Crippen molar-refractivity contribution in [1.82, 2.24) is 0 Å².